The standard InChI is InChI=1S/C18H10Si/c1-3-16-11-8-12-17(4-2)18(16)19-14-13-15-9-6-5-7-10-15/h5-12,16,19H. The van der Waals surface area contributed by atoms with E-state index in [0.717, 1.165) is 16.3 Å². The van der Waals surface area contributed by atoms with Crippen LogP contribution in [0.3, 0.4) is 0 Å². The van der Waals surface area contributed by atoms with Crippen LogP contribution in [-0.4, -0.2) is 14.3 Å². The Morgan fingerprint density at radius 2 is 1.89 bits per heavy atom. The van der Waals surface area contributed by atoms with Gasteiger partial charge in [0, 0.05) is 11.1 Å². The molecule has 1 aliphatic rings. The molecule has 2 rings (SSSR count). The molecule has 0 saturated heterocycles. The van der Waals surface area contributed by atoms with Crippen molar-refractivity contribution in [3.05, 3.63) is 72.5 Å². The zero-order chi connectivity index (χ0) is 13.5. The Labute approximate surface area is 116 Å². The molecule has 1 atom stereocenters. The molecule has 0 spiro atoms. The highest BCUT2D eigenvalue weighted by molar-refractivity contribution is 6.65. The van der Waals surface area contributed by atoms with Crippen LogP contribution in [0.4, 0.5) is 0 Å². The first-order valence-electron chi connectivity index (χ1n) is 5.85. The van der Waals surface area contributed by atoms with E-state index in [-0.39, 0.29) is 15.0 Å². The van der Waals surface area contributed by atoms with Gasteiger partial charge in [0.15, 0.2) is 0 Å². The average Bonchev–Trinajstić information content (AvgIpc) is 2.48. The van der Waals surface area contributed by atoms with Crippen molar-refractivity contribution in [2.45, 2.75) is 0 Å². The minimum atomic E-state index is -0.286. The van der Waals surface area contributed by atoms with Gasteiger partial charge in [0.05, 0.1) is 15.0 Å². The van der Waals surface area contributed by atoms with Gasteiger partial charge < -0.3 is 0 Å². The fraction of sp³-hybridized carbons (Fsp3) is 0.0556. The second kappa shape index (κ2) is 6.41. The van der Waals surface area contributed by atoms with Crippen molar-refractivity contribution in [1.29, 1.82) is 0 Å². The van der Waals surface area contributed by atoms with E-state index in [0.29, 0.717) is 0 Å². The molecule has 1 aromatic rings. The zero-order valence-electron chi connectivity index (χ0n) is 10.3. The maximum absolute atomic E-state index is 7.32. The Kier molecular flexibility index (Phi) is 4.36. The van der Waals surface area contributed by atoms with E-state index in [1.807, 2.05) is 48.6 Å². The van der Waals surface area contributed by atoms with Crippen molar-refractivity contribution in [2.24, 2.45) is 5.92 Å². The Morgan fingerprint density at radius 1 is 1.11 bits per heavy atom. The van der Waals surface area contributed by atoms with Crippen LogP contribution >= 0.6 is 0 Å². The van der Waals surface area contributed by atoms with Crippen LogP contribution in [0, 0.1) is 42.1 Å². The minimum Gasteiger partial charge on any atom is -0.106 e. The molecule has 0 heterocycles. The summed E-state index contributed by atoms with van der Waals surface area (Å²) in [5.41, 5.74) is 4.90. The predicted molar refractivity (Wildman–Crippen MR) is 80.5 cm³/mol. The van der Waals surface area contributed by atoms with Crippen LogP contribution < -0.4 is 0 Å². The molecule has 0 aromatic heterocycles. The molecule has 1 aliphatic carbocycles. The van der Waals surface area contributed by atoms with Gasteiger partial charge in [0.1, 0.15) is 0 Å². The molecule has 2 radical (unpaired) electrons. The lowest BCUT2D eigenvalue weighted by atomic mass is 9.95. The van der Waals surface area contributed by atoms with Gasteiger partial charge in [0.25, 0.3) is 0 Å². The molecule has 1 unspecified atom stereocenters. The maximum Gasteiger partial charge on any atom is 0.0938 e. The summed E-state index contributed by atoms with van der Waals surface area (Å²) in [4.78, 5) is 0. The zero-order valence-corrected chi connectivity index (χ0v) is 11.4. The molecule has 0 bridgehead atoms. The lowest BCUT2D eigenvalue weighted by Gasteiger charge is -2.13. The van der Waals surface area contributed by atoms with Gasteiger partial charge in [-0.25, -0.2) is 0 Å². The fourth-order valence-corrected chi connectivity index (χ4v) is 2.85. The molecular formula is C18H10Si. The first-order chi connectivity index (χ1) is 9.35. The normalized spacial score (nSPS) is 18.7. The van der Waals surface area contributed by atoms with Gasteiger partial charge in [-0.3, -0.25) is 0 Å². The summed E-state index contributed by atoms with van der Waals surface area (Å²) >= 11 is 0. The van der Waals surface area contributed by atoms with Crippen LogP contribution in [0.15, 0.2) is 54.1 Å². The van der Waals surface area contributed by atoms with E-state index in [1.165, 1.54) is 0 Å². The van der Waals surface area contributed by atoms with Crippen molar-refractivity contribution in [1.82, 2.24) is 0 Å². The SMILES string of the molecule is [C]#CC1=CC=CC(C#[C])C1=[SiH]C#Cc1ccccc1. The largest absolute Gasteiger partial charge is 0.106 e. The van der Waals surface area contributed by atoms with Gasteiger partial charge in [-0.05, 0) is 36.2 Å². The van der Waals surface area contributed by atoms with Crippen LogP contribution in [0.25, 0.3) is 0 Å². The van der Waals surface area contributed by atoms with Crippen molar-refractivity contribution in [3.63, 3.8) is 0 Å². The highest BCUT2D eigenvalue weighted by atomic mass is 28.2. The predicted octanol–water partition coefficient (Wildman–Crippen LogP) is 1.90. The maximum atomic E-state index is 7.32. The van der Waals surface area contributed by atoms with Crippen LogP contribution in [0.2, 0.25) is 0 Å². The number of hydrogen-bond donors (Lipinski definition) is 0. The Hall–Kier alpha value is -2.53. The lowest BCUT2D eigenvalue weighted by Crippen LogP contribution is -2.18. The summed E-state index contributed by atoms with van der Waals surface area (Å²) in [6.07, 6.45) is 20.2. The quantitative estimate of drug-likeness (QED) is 0.490. The van der Waals surface area contributed by atoms with Crippen LogP contribution in [0.5, 0.6) is 0 Å². The van der Waals surface area contributed by atoms with E-state index in [4.69, 9.17) is 12.8 Å². The number of hydrogen-bond acceptors (Lipinski definition) is 0. The highest BCUT2D eigenvalue weighted by Gasteiger charge is 2.13. The van der Waals surface area contributed by atoms with Gasteiger partial charge in [-0.2, -0.15) is 0 Å². The third-order valence-electron chi connectivity index (χ3n) is 2.72. The van der Waals surface area contributed by atoms with Crippen molar-refractivity contribution in [2.75, 3.05) is 0 Å². The fourth-order valence-electron chi connectivity index (χ4n) is 1.76. The molecule has 0 nitrogen and oxygen atoms in total. The molecule has 0 saturated carbocycles. The number of benzene rings is 1. The number of allylic oxidation sites excluding steroid dienone is 4. The van der Waals surface area contributed by atoms with Gasteiger partial charge >= 0.3 is 0 Å². The molecule has 0 amide bonds. The first-order valence-corrected chi connectivity index (χ1v) is 7.01. The summed E-state index contributed by atoms with van der Waals surface area (Å²) in [5, 5.41) is 0.996. The summed E-state index contributed by atoms with van der Waals surface area (Å²) in [7, 11) is -0.286. The van der Waals surface area contributed by atoms with Crippen molar-refractivity contribution < 1.29 is 0 Å². The van der Waals surface area contributed by atoms with Crippen LogP contribution in [-0.2, 0) is 0 Å². The second-order valence-corrected chi connectivity index (χ2v) is 5.15. The smallest absolute Gasteiger partial charge is 0.0938 e. The summed E-state index contributed by atoms with van der Waals surface area (Å²) < 4.78 is 0. The minimum absolute atomic E-state index is 0.155. The molecule has 0 aliphatic heterocycles. The van der Waals surface area contributed by atoms with E-state index >= 15 is 0 Å². The molecular weight excluding hydrogens is 244 g/mol. The van der Waals surface area contributed by atoms with Gasteiger partial charge in [-0.15, -0.1) is 5.54 Å². The molecule has 1 aromatic carbocycles. The Bertz CT molecular complexity index is 692. The molecule has 1 heteroatoms. The summed E-state index contributed by atoms with van der Waals surface area (Å²) in [5.74, 6) is 7.86. The van der Waals surface area contributed by atoms with E-state index in [2.05, 4.69) is 23.3 Å². The van der Waals surface area contributed by atoms with Crippen LogP contribution in [0.1, 0.15) is 5.56 Å². The monoisotopic (exact) mass is 254 g/mol. The summed E-state index contributed by atoms with van der Waals surface area (Å²) in [6, 6.07) is 9.82. The Morgan fingerprint density at radius 3 is 2.58 bits per heavy atom. The third kappa shape index (κ3) is 3.23. The van der Waals surface area contributed by atoms with Gasteiger partial charge in [-0.1, -0.05) is 48.1 Å². The van der Waals surface area contributed by atoms with E-state index in [9.17, 15) is 0 Å². The Balaban J connectivity index is 2.30. The molecule has 0 N–H and O–H groups in total. The average molecular weight is 254 g/mol. The van der Waals surface area contributed by atoms with E-state index < -0.39 is 0 Å². The lowest BCUT2D eigenvalue weighted by molar-refractivity contribution is 1.20. The molecule has 0 fully saturated rings. The van der Waals surface area contributed by atoms with Crippen molar-refractivity contribution in [3.8, 4) is 23.3 Å². The highest BCUT2D eigenvalue weighted by Crippen LogP contribution is 2.13. The first kappa shape index (κ1) is 12.9. The number of rotatable bonds is 0. The van der Waals surface area contributed by atoms with Gasteiger partial charge in [0.2, 0.25) is 0 Å². The summed E-state index contributed by atoms with van der Waals surface area (Å²) in [6.45, 7) is 0. The van der Waals surface area contributed by atoms with Crippen molar-refractivity contribution >= 4 is 14.3 Å². The molecule has 86 valence electrons. The topological polar surface area (TPSA) is 0 Å². The third-order valence-corrected chi connectivity index (χ3v) is 3.99. The van der Waals surface area contributed by atoms with E-state index in [1.54, 1.807) is 0 Å². The second-order valence-electron chi connectivity index (χ2n) is 3.95. The molecule has 19 heavy (non-hydrogen) atoms.